The molecule has 0 saturated heterocycles. The minimum Gasteiger partial charge on any atom is -0.452 e. The molecule has 10 nitrogen and oxygen atoms in total. The van der Waals surface area contributed by atoms with Crippen LogP contribution >= 0.6 is 11.6 Å². The number of nitro groups is 1. The molecule has 2 aromatic rings. The minimum atomic E-state index is -1.07. The van der Waals surface area contributed by atoms with Crippen molar-refractivity contribution in [2.45, 2.75) is 0 Å². The van der Waals surface area contributed by atoms with E-state index in [1.165, 1.54) is 31.3 Å². The van der Waals surface area contributed by atoms with Crippen LogP contribution in [0.1, 0.15) is 31.1 Å². The molecule has 3 amide bonds. The lowest BCUT2D eigenvalue weighted by Crippen LogP contribution is -2.24. The summed E-state index contributed by atoms with van der Waals surface area (Å²) in [6.45, 7) is -0.720. The number of nitrogens with zero attached hydrogens (tertiary/aromatic N) is 2. The van der Waals surface area contributed by atoms with Crippen LogP contribution in [0, 0.1) is 10.1 Å². The average molecular weight is 418 g/mol. The van der Waals surface area contributed by atoms with Gasteiger partial charge in [0.1, 0.15) is 5.56 Å². The van der Waals surface area contributed by atoms with Gasteiger partial charge in [0.05, 0.1) is 16.1 Å². The highest BCUT2D eigenvalue weighted by atomic mass is 35.5. The van der Waals surface area contributed by atoms with E-state index in [9.17, 15) is 29.3 Å². The Kier molecular flexibility index (Phi) is 5.29. The third-order valence-corrected chi connectivity index (χ3v) is 4.32. The third-order valence-electron chi connectivity index (χ3n) is 4.08. The highest BCUT2D eigenvalue weighted by Crippen LogP contribution is 2.25. The predicted molar refractivity (Wildman–Crippen MR) is 99.9 cm³/mol. The van der Waals surface area contributed by atoms with Crippen molar-refractivity contribution in [3.8, 4) is 0 Å². The predicted octanol–water partition coefficient (Wildman–Crippen LogP) is 2.27. The maximum atomic E-state index is 12.1. The highest BCUT2D eigenvalue weighted by Gasteiger charge is 2.32. The largest absolute Gasteiger partial charge is 0.452 e. The molecule has 3 rings (SSSR count). The van der Waals surface area contributed by atoms with Crippen LogP contribution in [0.5, 0.6) is 0 Å². The molecule has 0 unspecified atom stereocenters. The second-order valence-electron chi connectivity index (χ2n) is 5.97. The van der Waals surface area contributed by atoms with Gasteiger partial charge in [0.25, 0.3) is 23.4 Å². The molecule has 1 heterocycles. The smallest absolute Gasteiger partial charge is 0.345 e. The lowest BCUT2D eigenvalue weighted by molar-refractivity contribution is -0.385. The summed E-state index contributed by atoms with van der Waals surface area (Å²) in [5.41, 5.74) is -0.314. The standard InChI is InChI=1S/C18H12ClN3O7/c1-21-16(24)11-5-3-10(7-13(11)17(21)25)20-15(23)8-29-18(26)12-4-2-9(19)6-14(12)22(27)28/h2-7H,8H2,1H3,(H,20,23). The van der Waals surface area contributed by atoms with E-state index in [2.05, 4.69) is 5.32 Å². The molecule has 0 aliphatic carbocycles. The summed E-state index contributed by atoms with van der Waals surface area (Å²) in [5, 5.41) is 13.5. The molecule has 2 aromatic carbocycles. The molecule has 0 saturated carbocycles. The fourth-order valence-corrected chi connectivity index (χ4v) is 2.84. The van der Waals surface area contributed by atoms with Gasteiger partial charge in [-0.05, 0) is 30.3 Å². The number of halogens is 1. The van der Waals surface area contributed by atoms with Gasteiger partial charge >= 0.3 is 5.97 Å². The van der Waals surface area contributed by atoms with Crippen LogP contribution < -0.4 is 5.32 Å². The monoisotopic (exact) mass is 417 g/mol. The zero-order chi connectivity index (χ0) is 21.3. The van der Waals surface area contributed by atoms with Crippen LogP contribution in [-0.4, -0.2) is 47.2 Å². The summed E-state index contributed by atoms with van der Waals surface area (Å²) < 4.78 is 4.81. The number of imide groups is 1. The summed E-state index contributed by atoms with van der Waals surface area (Å²) >= 11 is 5.68. The molecular formula is C18H12ClN3O7. The first-order valence-electron chi connectivity index (χ1n) is 8.06. The second-order valence-corrected chi connectivity index (χ2v) is 6.41. The summed E-state index contributed by atoms with van der Waals surface area (Å²) in [6, 6.07) is 7.57. The molecular weight excluding hydrogens is 406 g/mol. The van der Waals surface area contributed by atoms with Crippen LogP contribution in [0.4, 0.5) is 11.4 Å². The number of carbonyl (C=O) groups is 4. The van der Waals surface area contributed by atoms with Gasteiger partial charge in [-0.25, -0.2) is 4.79 Å². The molecule has 11 heteroatoms. The van der Waals surface area contributed by atoms with Crippen molar-refractivity contribution in [2.75, 3.05) is 19.0 Å². The quantitative estimate of drug-likeness (QED) is 0.341. The fraction of sp³-hybridized carbons (Fsp3) is 0.111. The van der Waals surface area contributed by atoms with Crippen molar-refractivity contribution in [2.24, 2.45) is 0 Å². The molecule has 148 valence electrons. The van der Waals surface area contributed by atoms with E-state index >= 15 is 0 Å². The molecule has 1 aliphatic rings. The number of nitrogens with one attached hydrogen (secondary N) is 1. The number of esters is 1. The fourth-order valence-electron chi connectivity index (χ4n) is 2.67. The number of nitro benzene ring substituents is 1. The molecule has 1 N–H and O–H groups in total. The summed E-state index contributed by atoms with van der Waals surface area (Å²) in [4.78, 5) is 59.1. The Bertz CT molecular complexity index is 1080. The first-order chi connectivity index (χ1) is 13.7. The molecule has 0 bridgehead atoms. The van der Waals surface area contributed by atoms with E-state index < -0.39 is 40.9 Å². The zero-order valence-corrected chi connectivity index (χ0v) is 15.6. The van der Waals surface area contributed by atoms with Gasteiger partial charge in [-0.1, -0.05) is 11.6 Å². The van der Waals surface area contributed by atoms with Crippen molar-refractivity contribution in [3.63, 3.8) is 0 Å². The molecule has 29 heavy (non-hydrogen) atoms. The third kappa shape index (κ3) is 3.92. The normalized spacial score (nSPS) is 12.6. The Morgan fingerprint density at radius 2 is 1.83 bits per heavy atom. The lowest BCUT2D eigenvalue weighted by atomic mass is 10.1. The molecule has 0 atom stereocenters. The van der Waals surface area contributed by atoms with Crippen LogP contribution in [0.15, 0.2) is 36.4 Å². The average Bonchev–Trinajstić information content (AvgIpc) is 2.90. The van der Waals surface area contributed by atoms with Gasteiger partial charge in [-0.15, -0.1) is 0 Å². The Balaban J connectivity index is 1.66. The molecule has 0 spiro atoms. The van der Waals surface area contributed by atoms with E-state index in [1.54, 1.807) is 0 Å². The number of rotatable bonds is 5. The van der Waals surface area contributed by atoms with Gasteiger partial charge in [-0.2, -0.15) is 0 Å². The number of anilines is 1. The van der Waals surface area contributed by atoms with E-state index in [-0.39, 0.29) is 27.4 Å². The summed E-state index contributed by atoms with van der Waals surface area (Å²) in [5.74, 6) is -2.75. The van der Waals surface area contributed by atoms with Gasteiger partial charge in [0.15, 0.2) is 6.61 Å². The van der Waals surface area contributed by atoms with Crippen molar-refractivity contribution in [1.82, 2.24) is 4.90 Å². The Labute approximate surface area is 168 Å². The van der Waals surface area contributed by atoms with Crippen molar-refractivity contribution < 1.29 is 28.8 Å². The van der Waals surface area contributed by atoms with Crippen molar-refractivity contribution in [3.05, 3.63) is 68.2 Å². The SMILES string of the molecule is CN1C(=O)c2ccc(NC(=O)COC(=O)c3ccc(Cl)cc3[N+](=O)[O-])cc2C1=O. The van der Waals surface area contributed by atoms with Gasteiger partial charge in [-0.3, -0.25) is 29.4 Å². The van der Waals surface area contributed by atoms with E-state index in [0.29, 0.717) is 0 Å². The van der Waals surface area contributed by atoms with Crippen LogP contribution in [0.2, 0.25) is 5.02 Å². The Morgan fingerprint density at radius 1 is 1.14 bits per heavy atom. The minimum absolute atomic E-state index is 0.0706. The van der Waals surface area contributed by atoms with Crippen LogP contribution in [0.3, 0.4) is 0 Å². The van der Waals surface area contributed by atoms with E-state index in [4.69, 9.17) is 16.3 Å². The molecule has 0 fully saturated rings. The first kappa shape index (κ1) is 20.0. The Morgan fingerprint density at radius 3 is 2.52 bits per heavy atom. The molecule has 1 aliphatic heterocycles. The summed E-state index contributed by atoms with van der Waals surface area (Å²) in [7, 11) is 1.35. The van der Waals surface area contributed by atoms with Crippen LogP contribution in [-0.2, 0) is 9.53 Å². The number of carbonyl (C=O) groups excluding carboxylic acids is 4. The molecule has 0 aromatic heterocycles. The zero-order valence-electron chi connectivity index (χ0n) is 14.8. The number of ether oxygens (including phenoxy) is 1. The first-order valence-corrected chi connectivity index (χ1v) is 8.44. The maximum Gasteiger partial charge on any atom is 0.345 e. The maximum absolute atomic E-state index is 12.1. The number of hydrogen-bond donors (Lipinski definition) is 1. The Hall–Kier alpha value is -3.79. The van der Waals surface area contributed by atoms with Crippen molar-refractivity contribution in [1.29, 1.82) is 0 Å². The number of amides is 3. The molecule has 0 radical (unpaired) electrons. The summed E-state index contributed by atoms with van der Waals surface area (Å²) in [6.07, 6.45) is 0. The second kappa shape index (κ2) is 7.68. The van der Waals surface area contributed by atoms with Gasteiger partial charge in [0.2, 0.25) is 0 Å². The van der Waals surface area contributed by atoms with Crippen LogP contribution in [0.25, 0.3) is 0 Å². The topological polar surface area (TPSA) is 136 Å². The number of hydrogen-bond acceptors (Lipinski definition) is 7. The van der Waals surface area contributed by atoms with Gasteiger partial charge in [0, 0.05) is 23.8 Å². The van der Waals surface area contributed by atoms with Crippen molar-refractivity contribution >= 4 is 46.7 Å². The lowest BCUT2D eigenvalue weighted by Gasteiger charge is -2.08. The van der Waals surface area contributed by atoms with Gasteiger partial charge < -0.3 is 10.1 Å². The number of fused-ring (bicyclic) bond motifs is 1. The number of benzene rings is 2. The van der Waals surface area contributed by atoms with E-state index in [1.807, 2.05) is 0 Å². The highest BCUT2D eigenvalue weighted by molar-refractivity contribution is 6.31. The van der Waals surface area contributed by atoms with E-state index in [0.717, 1.165) is 17.0 Å².